The van der Waals surface area contributed by atoms with Gasteiger partial charge in [-0.15, -0.1) is 0 Å². The normalized spacial score (nSPS) is 18.9. The minimum Gasteiger partial charge on any atom is -0.497 e. The van der Waals surface area contributed by atoms with Crippen molar-refractivity contribution in [2.75, 3.05) is 33.9 Å². The molecule has 1 aromatic rings. The standard InChI is InChI=1S/C14H19NO4/c1-17-10-3-4-14(18-2)12(7-10)13(16)8-11-9-15-5-6-19-11/h3-4,7,11,15H,5-6,8-9H2,1-2H3. The lowest BCUT2D eigenvalue weighted by atomic mass is 10.0. The molecule has 5 nitrogen and oxygen atoms in total. The van der Waals surface area contributed by atoms with E-state index in [2.05, 4.69) is 5.32 Å². The van der Waals surface area contributed by atoms with Crippen LogP contribution >= 0.6 is 0 Å². The summed E-state index contributed by atoms with van der Waals surface area (Å²) < 4.78 is 15.9. The number of methoxy groups -OCH3 is 2. The number of hydrogen-bond donors (Lipinski definition) is 1. The molecule has 0 radical (unpaired) electrons. The third-order valence-electron chi connectivity index (χ3n) is 3.12. The number of nitrogens with one attached hydrogen (secondary N) is 1. The minimum absolute atomic E-state index is 0.00412. The van der Waals surface area contributed by atoms with Crippen molar-refractivity contribution >= 4 is 5.78 Å². The van der Waals surface area contributed by atoms with E-state index in [9.17, 15) is 4.79 Å². The number of carbonyl (C=O) groups is 1. The molecule has 0 spiro atoms. The lowest BCUT2D eigenvalue weighted by Crippen LogP contribution is -2.39. The Hall–Kier alpha value is -1.59. The van der Waals surface area contributed by atoms with Gasteiger partial charge in [-0.05, 0) is 18.2 Å². The summed E-state index contributed by atoms with van der Waals surface area (Å²) in [7, 11) is 3.13. The van der Waals surface area contributed by atoms with E-state index < -0.39 is 0 Å². The van der Waals surface area contributed by atoms with E-state index in [0.29, 0.717) is 36.6 Å². The molecule has 0 amide bonds. The number of rotatable bonds is 5. The first-order chi connectivity index (χ1) is 9.24. The molecule has 1 heterocycles. The van der Waals surface area contributed by atoms with Crippen molar-refractivity contribution in [3.05, 3.63) is 23.8 Å². The predicted octanol–water partition coefficient (Wildman–Crippen LogP) is 1.26. The fourth-order valence-electron chi connectivity index (χ4n) is 2.10. The van der Waals surface area contributed by atoms with Gasteiger partial charge in [-0.3, -0.25) is 4.79 Å². The van der Waals surface area contributed by atoms with Crippen molar-refractivity contribution in [1.82, 2.24) is 5.32 Å². The maximum atomic E-state index is 12.3. The number of carbonyl (C=O) groups excluding carboxylic acids is 1. The van der Waals surface area contributed by atoms with Crippen molar-refractivity contribution in [2.45, 2.75) is 12.5 Å². The Morgan fingerprint density at radius 2 is 2.26 bits per heavy atom. The number of hydrogen-bond acceptors (Lipinski definition) is 5. The average Bonchev–Trinajstić information content (AvgIpc) is 2.47. The van der Waals surface area contributed by atoms with Crippen molar-refractivity contribution in [2.24, 2.45) is 0 Å². The summed E-state index contributed by atoms with van der Waals surface area (Å²) in [6, 6.07) is 5.22. The maximum Gasteiger partial charge on any atom is 0.169 e. The summed E-state index contributed by atoms with van der Waals surface area (Å²) in [6.07, 6.45) is 0.272. The van der Waals surface area contributed by atoms with E-state index in [1.165, 1.54) is 0 Å². The van der Waals surface area contributed by atoms with E-state index in [0.717, 1.165) is 6.54 Å². The highest BCUT2D eigenvalue weighted by molar-refractivity contribution is 5.99. The van der Waals surface area contributed by atoms with Crippen LogP contribution in [-0.4, -0.2) is 45.8 Å². The van der Waals surface area contributed by atoms with Gasteiger partial charge in [0.05, 0.1) is 32.5 Å². The molecule has 0 aromatic heterocycles. The Morgan fingerprint density at radius 3 is 2.89 bits per heavy atom. The maximum absolute atomic E-state index is 12.3. The van der Waals surface area contributed by atoms with Gasteiger partial charge in [-0.25, -0.2) is 0 Å². The molecule has 1 aliphatic rings. The molecule has 5 heteroatoms. The predicted molar refractivity (Wildman–Crippen MR) is 71.1 cm³/mol. The molecule has 19 heavy (non-hydrogen) atoms. The summed E-state index contributed by atoms with van der Waals surface area (Å²) in [5.74, 6) is 1.21. The Bertz CT molecular complexity index is 441. The van der Waals surface area contributed by atoms with Crippen LogP contribution in [-0.2, 0) is 4.74 Å². The van der Waals surface area contributed by atoms with Crippen LogP contribution in [0.5, 0.6) is 11.5 Å². The molecule has 1 N–H and O–H groups in total. The topological polar surface area (TPSA) is 56.8 Å². The van der Waals surface area contributed by atoms with Gasteiger partial charge >= 0.3 is 0 Å². The number of benzene rings is 1. The van der Waals surface area contributed by atoms with Crippen LogP contribution in [0.1, 0.15) is 16.8 Å². The van der Waals surface area contributed by atoms with Crippen LogP contribution in [0.25, 0.3) is 0 Å². The van der Waals surface area contributed by atoms with Gasteiger partial charge in [-0.2, -0.15) is 0 Å². The van der Waals surface area contributed by atoms with Gasteiger partial charge in [-0.1, -0.05) is 0 Å². The van der Waals surface area contributed by atoms with Gasteiger partial charge in [0.2, 0.25) is 0 Å². The van der Waals surface area contributed by atoms with Crippen LogP contribution in [0.4, 0.5) is 0 Å². The molecule has 1 aliphatic heterocycles. The number of Topliss-reactive ketones (excluding diaryl/α,β-unsaturated/α-hetero) is 1. The molecular weight excluding hydrogens is 246 g/mol. The Morgan fingerprint density at radius 1 is 1.42 bits per heavy atom. The molecule has 104 valence electrons. The molecule has 1 atom stereocenters. The largest absolute Gasteiger partial charge is 0.497 e. The van der Waals surface area contributed by atoms with E-state index in [-0.39, 0.29) is 11.9 Å². The van der Waals surface area contributed by atoms with Gasteiger partial charge in [0, 0.05) is 19.5 Å². The molecule has 2 rings (SSSR count). The highest BCUT2D eigenvalue weighted by atomic mass is 16.5. The average molecular weight is 265 g/mol. The molecule has 1 saturated heterocycles. The Kier molecular flexibility index (Phi) is 4.76. The summed E-state index contributed by atoms with van der Waals surface area (Å²) in [5.41, 5.74) is 0.538. The lowest BCUT2D eigenvalue weighted by Gasteiger charge is -2.23. The zero-order chi connectivity index (χ0) is 13.7. The van der Waals surface area contributed by atoms with Crippen LogP contribution in [0.2, 0.25) is 0 Å². The Labute approximate surface area is 112 Å². The summed E-state index contributed by atoms with van der Waals surface area (Å²) in [6.45, 7) is 2.19. The number of morpholine rings is 1. The molecule has 0 saturated carbocycles. The van der Waals surface area contributed by atoms with Crippen molar-refractivity contribution < 1.29 is 19.0 Å². The van der Waals surface area contributed by atoms with E-state index in [4.69, 9.17) is 14.2 Å². The zero-order valence-electron chi connectivity index (χ0n) is 11.3. The highest BCUT2D eigenvalue weighted by Crippen LogP contribution is 2.25. The third kappa shape index (κ3) is 3.45. The molecular formula is C14H19NO4. The quantitative estimate of drug-likeness (QED) is 0.812. The summed E-state index contributed by atoms with van der Waals surface area (Å²) in [4.78, 5) is 12.3. The summed E-state index contributed by atoms with van der Waals surface area (Å²) >= 11 is 0. The summed E-state index contributed by atoms with van der Waals surface area (Å²) in [5, 5.41) is 3.21. The molecule has 1 aromatic carbocycles. The molecule has 1 unspecified atom stereocenters. The van der Waals surface area contributed by atoms with Gasteiger partial charge in [0.1, 0.15) is 11.5 Å². The second kappa shape index (κ2) is 6.54. The monoisotopic (exact) mass is 265 g/mol. The van der Waals surface area contributed by atoms with Crippen molar-refractivity contribution in [3.63, 3.8) is 0 Å². The van der Waals surface area contributed by atoms with Crippen LogP contribution in [0.15, 0.2) is 18.2 Å². The minimum atomic E-state index is -0.0721. The van der Waals surface area contributed by atoms with E-state index in [1.54, 1.807) is 32.4 Å². The van der Waals surface area contributed by atoms with Crippen LogP contribution in [0, 0.1) is 0 Å². The zero-order valence-corrected chi connectivity index (χ0v) is 11.3. The third-order valence-corrected chi connectivity index (χ3v) is 3.12. The van der Waals surface area contributed by atoms with E-state index in [1.807, 2.05) is 0 Å². The Balaban J connectivity index is 2.12. The van der Waals surface area contributed by atoms with Crippen LogP contribution < -0.4 is 14.8 Å². The van der Waals surface area contributed by atoms with Crippen molar-refractivity contribution in [1.29, 1.82) is 0 Å². The second-order valence-electron chi connectivity index (χ2n) is 4.39. The first-order valence-electron chi connectivity index (χ1n) is 6.32. The second-order valence-corrected chi connectivity index (χ2v) is 4.39. The molecule has 1 fully saturated rings. The highest BCUT2D eigenvalue weighted by Gasteiger charge is 2.21. The van der Waals surface area contributed by atoms with Gasteiger partial charge in [0.25, 0.3) is 0 Å². The fraction of sp³-hybridized carbons (Fsp3) is 0.500. The van der Waals surface area contributed by atoms with Gasteiger partial charge < -0.3 is 19.5 Å². The lowest BCUT2D eigenvalue weighted by molar-refractivity contribution is 0.0239. The SMILES string of the molecule is COc1ccc(OC)c(C(=O)CC2CNCCO2)c1. The first-order valence-corrected chi connectivity index (χ1v) is 6.32. The molecule has 0 bridgehead atoms. The number of ketones is 1. The smallest absolute Gasteiger partial charge is 0.169 e. The fourth-order valence-corrected chi connectivity index (χ4v) is 2.10. The number of ether oxygens (including phenoxy) is 3. The molecule has 0 aliphatic carbocycles. The van der Waals surface area contributed by atoms with Gasteiger partial charge in [0.15, 0.2) is 5.78 Å². The van der Waals surface area contributed by atoms with Crippen LogP contribution in [0.3, 0.4) is 0 Å². The van der Waals surface area contributed by atoms with E-state index >= 15 is 0 Å². The van der Waals surface area contributed by atoms with Crippen molar-refractivity contribution in [3.8, 4) is 11.5 Å². The first kappa shape index (κ1) is 13.8.